The Bertz CT molecular complexity index is 1280. The lowest BCUT2D eigenvalue weighted by Crippen LogP contribution is -2.05. The minimum Gasteiger partial charge on any atom is -0.490 e. The third kappa shape index (κ3) is 5.43. The summed E-state index contributed by atoms with van der Waals surface area (Å²) in [6.45, 7) is 2.32. The van der Waals surface area contributed by atoms with Crippen LogP contribution in [0, 0.1) is 5.82 Å². The first-order valence-electron chi connectivity index (χ1n) is 10.1. The van der Waals surface area contributed by atoms with Crippen LogP contribution in [0.4, 0.5) is 4.39 Å². The Morgan fingerprint density at radius 1 is 1.12 bits per heavy atom. The number of benzene rings is 3. The van der Waals surface area contributed by atoms with Crippen molar-refractivity contribution in [2.24, 2.45) is 4.99 Å². The molecule has 4 rings (SSSR count). The number of ether oxygens (including phenoxy) is 3. The molecule has 0 amide bonds. The van der Waals surface area contributed by atoms with Crippen LogP contribution in [0.25, 0.3) is 6.08 Å². The van der Waals surface area contributed by atoms with Crippen molar-refractivity contribution in [2.45, 2.75) is 13.5 Å². The number of hydrogen-bond donors (Lipinski definition) is 0. The zero-order valence-electron chi connectivity index (χ0n) is 17.5. The molecule has 0 aromatic heterocycles. The standard InChI is InChI=1S/C25H18BrClFNO4/c1-2-31-22-13-16(11-20(27)23(22)32-14-15-6-5-7-17(28)10-15)12-21-25(30)33-24(29-21)18-8-3-4-9-19(18)26/h3-13H,2,14H2,1H3/b21-12-. The summed E-state index contributed by atoms with van der Waals surface area (Å²) in [7, 11) is 0. The van der Waals surface area contributed by atoms with Gasteiger partial charge in [0.15, 0.2) is 17.2 Å². The van der Waals surface area contributed by atoms with Gasteiger partial charge in [-0.2, -0.15) is 0 Å². The number of carbonyl (C=O) groups is 1. The molecule has 0 atom stereocenters. The van der Waals surface area contributed by atoms with E-state index in [9.17, 15) is 9.18 Å². The molecule has 0 saturated heterocycles. The molecule has 0 N–H and O–H groups in total. The smallest absolute Gasteiger partial charge is 0.363 e. The van der Waals surface area contributed by atoms with Crippen LogP contribution in [0.15, 0.2) is 75.8 Å². The Balaban J connectivity index is 1.62. The Labute approximate surface area is 203 Å². The number of halogens is 3. The molecule has 3 aromatic carbocycles. The van der Waals surface area contributed by atoms with Crippen molar-refractivity contribution in [3.8, 4) is 11.5 Å². The summed E-state index contributed by atoms with van der Waals surface area (Å²) in [5.74, 6) is 0.0252. The van der Waals surface area contributed by atoms with Gasteiger partial charge in [-0.25, -0.2) is 14.2 Å². The largest absolute Gasteiger partial charge is 0.490 e. The quantitative estimate of drug-likeness (QED) is 0.256. The second kappa shape index (κ2) is 10.2. The van der Waals surface area contributed by atoms with Crippen molar-refractivity contribution in [1.29, 1.82) is 0 Å². The van der Waals surface area contributed by atoms with E-state index in [4.69, 9.17) is 25.8 Å². The lowest BCUT2D eigenvalue weighted by molar-refractivity contribution is -0.129. The van der Waals surface area contributed by atoms with Crippen molar-refractivity contribution in [3.63, 3.8) is 0 Å². The first kappa shape index (κ1) is 23.0. The molecule has 0 radical (unpaired) electrons. The van der Waals surface area contributed by atoms with E-state index in [2.05, 4.69) is 20.9 Å². The van der Waals surface area contributed by atoms with Gasteiger partial charge in [0.1, 0.15) is 12.4 Å². The molecule has 0 fully saturated rings. The van der Waals surface area contributed by atoms with Crippen LogP contribution in [-0.4, -0.2) is 18.5 Å². The summed E-state index contributed by atoms with van der Waals surface area (Å²) < 4.78 is 31.1. The fourth-order valence-corrected chi connectivity index (χ4v) is 3.90. The minimum absolute atomic E-state index is 0.115. The van der Waals surface area contributed by atoms with E-state index < -0.39 is 5.97 Å². The predicted molar refractivity (Wildman–Crippen MR) is 128 cm³/mol. The van der Waals surface area contributed by atoms with Crippen LogP contribution < -0.4 is 9.47 Å². The minimum atomic E-state index is -0.568. The summed E-state index contributed by atoms with van der Waals surface area (Å²) >= 11 is 9.90. The molecule has 1 heterocycles. The van der Waals surface area contributed by atoms with Crippen LogP contribution in [0.1, 0.15) is 23.6 Å². The van der Waals surface area contributed by atoms with E-state index in [1.807, 2.05) is 25.1 Å². The normalized spacial score (nSPS) is 14.2. The van der Waals surface area contributed by atoms with Gasteiger partial charge in [0, 0.05) is 4.47 Å². The number of aliphatic imine (C=N–C) groups is 1. The fourth-order valence-electron chi connectivity index (χ4n) is 3.17. The number of cyclic esters (lactones) is 1. The molecule has 1 aliphatic rings. The van der Waals surface area contributed by atoms with Gasteiger partial charge in [-0.15, -0.1) is 0 Å². The van der Waals surface area contributed by atoms with E-state index in [0.717, 1.165) is 4.47 Å². The Hall–Kier alpha value is -3.16. The molecule has 0 saturated carbocycles. The highest BCUT2D eigenvalue weighted by Crippen LogP contribution is 2.38. The van der Waals surface area contributed by atoms with E-state index in [0.29, 0.717) is 34.8 Å². The number of nitrogens with zero attached hydrogens (tertiary/aromatic N) is 1. The maximum atomic E-state index is 13.4. The number of esters is 1. The van der Waals surface area contributed by atoms with E-state index in [1.165, 1.54) is 12.1 Å². The third-order valence-corrected chi connectivity index (χ3v) is 5.60. The lowest BCUT2D eigenvalue weighted by Gasteiger charge is -2.14. The second-order valence-electron chi connectivity index (χ2n) is 7.00. The maximum absolute atomic E-state index is 13.4. The van der Waals surface area contributed by atoms with Crippen molar-refractivity contribution in [1.82, 2.24) is 0 Å². The Morgan fingerprint density at radius 2 is 1.94 bits per heavy atom. The molecule has 33 heavy (non-hydrogen) atoms. The second-order valence-corrected chi connectivity index (χ2v) is 8.26. The van der Waals surface area contributed by atoms with Crippen molar-refractivity contribution < 1.29 is 23.4 Å². The number of hydrogen-bond acceptors (Lipinski definition) is 5. The molecule has 168 valence electrons. The SMILES string of the molecule is CCOc1cc(/C=C2\N=C(c3ccccc3Br)OC2=O)cc(Cl)c1OCc1cccc(F)c1. The number of rotatable bonds is 7. The van der Waals surface area contributed by atoms with Crippen LogP contribution in [0.3, 0.4) is 0 Å². The summed E-state index contributed by atoms with van der Waals surface area (Å²) in [5.41, 5.74) is 2.05. The molecule has 1 aliphatic heterocycles. The topological polar surface area (TPSA) is 57.1 Å². The zero-order chi connectivity index (χ0) is 23.4. The van der Waals surface area contributed by atoms with Crippen LogP contribution in [-0.2, 0) is 16.1 Å². The summed E-state index contributed by atoms with van der Waals surface area (Å²) in [6.07, 6.45) is 1.57. The lowest BCUT2D eigenvalue weighted by atomic mass is 10.1. The Morgan fingerprint density at radius 3 is 2.70 bits per heavy atom. The Kier molecular flexibility index (Phi) is 7.11. The summed E-state index contributed by atoms with van der Waals surface area (Å²) in [5, 5.41) is 0.283. The first-order valence-corrected chi connectivity index (χ1v) is 11.2. The molecular formula is C25H18BrClFNO4. The van der Waals surface area contributed by atoms with Gasteiger partial charge in [-0.05, 0) is 76.5 Å². The molecule has 8 heteroatoms. The van der Waals surface area contributed by atoms with Crippen molar-refractivity contribution >= 4 is 45.5 Å². The highest BCUT2D eigenvalue weighted by Gasteiger charge is 2.25. The van der Waals surface area contributed by atoms with E-state index >= 15 is 0 Å². The van der Waals surface area contributed by atoms with Crippen molar-refractivity contribution in [2.75, 3.05) is 6.61 Å². The molecule has 5 nitrogen and oxygen atoms in total. The zero-order valence-corrected chi connectivity index (χ0v) is 19.8. The van der Waals surface area contributed by atoms with Crippen LogP contribution in [0.2, 0.25) is 5.02 Å². The summed E-state index contributed by atoms with van der Waals surface area (Å²) in [4.78, 5) is 16.7. The van der Waals surface area contributed by atoms with Gasteiger partial charge in [-0.1, -0.05) is 35.9 Å². The third-order valence-electron chi connectivity index (χ3n) is 4.63. The van der Waals surface area contributed by atoms with Gasteiger partial charge in [-0.3, -0.25) is 0 Å². The highest BCUT2D eigenvalue weighted by atomic mass is 79.9. The summed E-state index contributed by atoms with van der Waals surface area (Å²) in [6, 6.07) is 16.8. The van der Waals surface area contributed by atoms with E-state index in [-0.39, 0.29) is 29.0 Å². The highest BCUT2D eigenvalue weighted by molar-refractivity contribution is 9.10. The monoisotopic (exact) mass is 529 g/mol. The molecule has 3 aromatic rings. The van der Waals surface area contributed by atoms with Gasteiger partial charge < -0.3 is 14.2 Å². The van der Waals surface area contributed by atoms with Crippen molar-refractivity contribution in [3.05, 3.63) is 98.4 Å². The molecule has 0 spiro atoms. The van der Waals surface area contributed by atoms with E-state index in [1.54, 1.807) is 36.4 Å². The fraction of sp³-hybridized carbons (Fsp3) is 0.120. The average Bonchev–Trinajstić information content (AvgIpc) is 3.13. The molecule has 0 unspecified atom stereocenters. The van der Waals surface area contributed by atoms with Gasteiger partial charge in [0.2, 0.25) is 5.90 Å². The molecule has 0 aliphatic carbocycles. The molecular weight excluding hydrogens is 513 g/mol. The first-order chi connectivity index (χ1) is 15.9. The van der Waals surface area contributed by atoms with Crippen LogP contribution in [0.5, 0.6) is 11.5 Å². The van der Waals surface area contributed by atoms with Gasteiger partial charge in [0.05, 0.1) is 17.2 Å². The average molecular weight is 531 g/mol. The van der Waals surface area contributed by atoms with Gasteiger partial charge >= 0.3 is 5.97 Å². The molecule has 0 bridgehead atoms. The van der Waals surface area contributed by atoms with Crippen LogP contribution >= 0.6 is 27.5 Å². The van der Waals surface area contributed by atoms with Gasteiger partial charge in [0.25, 0.3) is 0 Å². The predicted octanol–water partition coefficient (Wildman–Crippen LogP) is 6.56. The number of carbonyl (C=O) groups excluding carboxylic acids is 1. The maximum Gasteiger partial charge on any atom is 0.363 e.